The van der Waals surface area contributed by atoms with Gasteiger partial charge in [-0.2, -0.15) is 0 Å². The van der Waals surface area contributed by atoms with Crippen LogP contribution < -0.4 is 4.90 Å². The van der Waals surface area contributed by atoms with E-state index in [1.165, 1.54) is 0 Å². The Morgan fingerprint density at radius 2 is 2.08 bits per heavy atom. The number of hydrogen-bond donors (Lipinski definition) is 1. The van der Waals surface area contributed by atoms with Crippen LogP contribution in [0.2, 0.25) is 0 Å². The maximum absolute atomic E-state index is 12.9. The fourth-order valence-corrected chi connectivity index (χ4v) is 3.59. The Morgan fingerprint density at radius 3 is 2.81 bits per heavy atom. The number of imidazole rings is 1. The van der Waals surface area contributed by atoms with Gasteiger partial charge in [-0.3, -0.25) is 4.79 Å². The summed E-state index contributed by atoms with van der Waals surface area (Å²) < 4.78 is 0. The number of nitrogens with zero attached hydrogens (tertiary/aromatic N) is 5. The first kappa shape index (κ1) is 16.5. The van der Waals surface area contributed by atoms with Crippen LogP contribution in [0.1, 0.15) is 29.0 Å². The molecule has 3 heterocycles. The molecule has 1 aliphatic rings. The van der Waals surface area contributed by atoms with Gasteiger partial charge >= 0.3 is 0 Å². The van der Waals surface area contributed by atoms with Gasteiger partial charge in [0.05, 0.1) is 11.0 Å². The van der Waals surface area contributed by atoms with E-state index in [-0.39, 0.29) is 5.91 Å². The lowest BCUT2D eigenvalue weighted by Gasteiger charge is -2.37. The average molecular weight is 350 g/mol. The first-order valence-electron chi connectivity index (χ1n) is 8.86. The molecule has 1 aliphatic heterocycles. The van der Waals surface area contributed by atoms with E-state index in [0.29, 0.717) is 11.6 Å². The highest BCUT2D eigenvalue weighted by Gasteiger charge is 2.26. The SMILES string of the molecule is Cc1nc2ccc(C(=O)N3CCC(N(C)c4ccncn4)CC3)cc2[nH]1. The predicted octanol–water partition coefficient (Wildman–Crippen LogP) is 2.40. The van der Waals surface area contributed by atoms with Crippen molar-refractivity contribution >= 4 is 22.8 Å². The summed E-state index contributed by atoms with van der Waals surface area (Å²) in [6, 6.07) is 7.97. The zero-order valence-electron chi connectivity index (χ0n) is 15.0. The van der Waals surface area contributed by atoms with Gasteiger partial charge in [-0.25, -0.2) is 15.0 Å². The molecule has 1 aromatic carbocycles. The second kappa shape index (κ2) is 6.74. The minimum atomic E-state index is 0.0855. The zero-order valence-corrected chi connectivity index (χ0v) is 15.0. The minimum absolute atomic E-state index is 0.0855. The van der Waals surface area contributed by atoms with E-state index in [1.54, 1.807) is 12.5 Å². The number of nitrogens with one attached hydrogen (secondary N) is 1. The maximum Gasteiger partial charge on any atom is 0.253 e. The number of aromatic amines is 1. The van der Waals surface area contributed by atoms with Gasteiger partial charge in [0.1, 0.15) is 18.0 Å². The van der Waals surface area contributed by atoms with Crippen molar-refractivity contribution in [1.82, 2.24) is 24.8 Å². The van der Waals surface area contributed by atoms with Gasteiger partial charge in [-0.05, 0) is 44.0 Å². The maximum atomic E-state index is 12.9. The van der Waals surface area contributed by atoms with Crippen molar-refractivity contribution in [3.8, 4) is 0 Å². The summed E-state index contributed by atoms with van der Waals surface area (Å²) in [4.78, 5) is 32.8. The number of fused-ring (bicyclic) bond motifs is 1. The monoisotopic (exact) mass is 350 g/mol. The highest BCUT2D eigenvalue weighted by atomic mass is 16.2. The molecule has 1 N–H and O–H groups in total. The Morgan fingerprint density at radius 1 is 1.27 bits per heavy atom. The van der Waals surface area contributed by atoms with Gasteiger partial charge in [-0.1, -0.05) is 0 Å². The van der Waals surface area contributed by atoms with Gasteiger partial charge in [0.15, 0.2) is 0 Å². The fourth-order valence-electron chi connectivity index (χ4n) is 3.59. The number of hydrogen-bond acceptors (Lipinski definition) is 5. The third-order valence-electron chi connectivity index (χ3n) is 5.07. The fraction of sp³-hybridized carbons (Fsp3) is 0.368. The number of amides is 1. The molecule has 0 spiro atoms. The normalized spacial score (nSPS) is 15.4. The summed E-state index contributed by atoms with van der Waals surface area (Å²) in [5.41, 5.74) is 2.51. The molecule has 7 heteroatoms. The predicted molar refractivity (Wildman–Crippen MR) is 100 cm³/mol. The summed E-state index contributed by atoms with van der Waals surface area (Å²) in [7, 11) is 2.05. The quantitative estimate of drug-likeness (QED) is 0.785. The Bertz CT molecular complexity index is 914. The molecule has 0 saturated carbocycles. The summed E-state index contributed by atoms with van der Waals surface area (Å²) in [6.45, 7) is 3.42. The summed E-state index contributed by atoms with van der Waals surface area (Å²) in [6.07, 6.45) is 5.18. The summed E-state index contributed by atoms with van der Waals surface area (Å²) in [5.74, 6) is 1.87. The van der Waals surface area contributed by atoms with Crippen molar-refractivity contribution in [2.45, 2.75) is 25.8 Å². The zero-order chi connectivity index (χ0) is 18.1. The molecule has 1 fully saturated rings. The molecule has 1 saturated heterocycles. The molecule has 0 radical (unpaired) electrons. The lowest BCUT2D eigenvalue weighted by Crippen LogP contribution is -2.45. The molecule has 0 atom stereocenters. The molecule has 134 valence electrons. The molecule has 1 amide bonds. The molecule has 2 aromatic heterocycles. The third kappa shape index (κ3) is 3.12. The minimum Gasteiger partial charge on any atom is -0.356 e. The molecular formula is C19H22N6O. The van der Waals surface area contributed by atoms with Crippen LogP contribution in [0.3, 0.4) is 0 Å². The highest BCUT2D eigenvalue weighted by Crippen LogP contribution is 2.22. The standard InChI is InChI=1S/C19H22N6O/c1-13-22-16-4-3-14(11-17(16)23-13)19(26)25-9-6-15(7-10-25)24(2)18-5-8-20-12-21-18/h3-5,8,11-12,15H,6-7,9-10H2,1-2H3,(H,22,23). The molecule has 7 nitrogen and oxygen atoms in total. The van der Waals surface area contributed by atoms with Crippen LogP contribution in [-0.2, 0) is 0 Å². The molecule has 3 aromatic rings. The summed E-state index contributed by atoms with van der Waals surface area (Å²) >= 11 is 0. The molecule has 4 rings (SSSR count). The highest BCUT2D eigenvalue weighted by molar-refractivity contribution is 5.97. The number of benzene rings is 1. The first-order valence-corrected chi connectivity index (χ1v) is 8.86. The van der Waals surface area contributed by atoms with Crippen molar-refractivity contribution in [2.75, 3.05) is 25.0 Å². The molecule has 0 unspecified atom stereocenters. The number of piperidine rings is 1. The Hall–Kier alpha value is -2.96. The lowest BCUT2D eigenvalue weighted by atomic mass is 10.0. The van der Waals surface area contributed by atoms with Crippen LogP contribution in [0.5, 0.6) is 0 Å². The number of rotatable bonds is 3. The van der Waals surface area contributed by atoms with E-state index in [2.05, 4.69) is 31.9 Å². The number of anilines is 1. The van der Waals surface area contributed by atoms with Gasteiger partial charge in [-0.15, -0.1) is 0 Å². The van der Waals surface area contributed by atoms with E-state index in [1.807, 2.05) is 36.1 Å². The van der Waals surface area contributed by atoms with Crippen LogP contribution in [0.15, 0.2) is 36.8 Å². The number of H-pyrrole nitrogens is 1. The smallest absolute Gasteiger partial charge is 0.253 e. The van der Waals surface area contributed by atoms with E-state index >= 15 is 0 Å². The average Bonchev–Trinajstić information content (AvgIpc) is 3.07. The van der Waals surface area contributed by atoms with Crippen LogP contribution in [0.25, 0.3) is 11.0 Å². The van der Waals surface area contributed by atoms with E-state index < -0.39 is 0 Å². The van der Waals surface area contributed by atoms with Crippen LogP contribution in [0, 0.1) is 6.92 Å². The van der Waals surface area contributed by atoms with E-state index in [0.717, 1.165) is 48.6 Å². The van der Waals surface area contributed by atoms with Crippen LogP contribution >= 0.6 is 0 Å². The second-order valence-corrected chi connectivity index (χ2v) is 6.76. The van der Waals surface area contributed by atoms with Gasteiger partial charge < -0.3 is 14.8 Å². The van der Waals surface area contributed by atoms with Crippen molar-refractivity contribution in [3.05, 3.63) is 48.2 Å². The van der Waals surface area contributed by atoms with Crippen LogP contribution in [0.4, 0.5) is 5.82 Å². The Balaban J connectivity index is 1.42. The first-order chi connectivity index (χ1) is 12.6. The second-order valence-electron chi connectivity index (χ2n) is 6.76. The lowest BCUT2D eigenvalue weighted by molar-refractivity contribution is 0.0713. The molecular weight excluding hydrogens is 328 g/mol. The van der Waals surface area contributed by atoms with Gasteiger partial charge in [0.25, 0.3) is 5.91 Å². The topological polar surface area (TPSA) is 78.0 Å². The Kier molecular flexibility index (Phi) is 4.28. The number of carbonyl (C=O) groups is 1. The van der Waals surface area contributed by atoms with Crippen LogP contribution in [-0.4, -0.2) is 56.9 Å². The van der Waals surface area contributed by atoms with E-state index in [9.17, 15) is 4.79 Å². The van der Waals surface area contributed by atoms with E-state index in [4.69, 9.17) is 0 Å². The largest absolute Gasteiger partial charge is 0.356 e. The van der Waals surface area contributed by atoms with Crippen molar-refractivity contribution in [2.24, 2.45) is 0 Å². The molecule has 26 heavy (non-hydrogen) atoms. The van der Waals surface area contributed by atoms with Crippen molar-refractivity contribution in [3.63, 3.8) is 0 Å². The summed E-state index contributed by atoms with van der Waals surface area (Å²) in [5, 5.41) is 0. The molecule has 0 bridgehead atoms. The Labute approximate surface area is 152 Å². The van der Waals surface area contributed by atoms with Gasteiger partial charge in [0, 0.05) is 37.9 Å². The number of aromatic nitrogens is 4. The molecule has 0 aliphatic carbocycles. The number of likely N-dealkylation sites (tertiary alicyclic amines) is 1. The number of aryl methyl sites for hydroxylation is 1. The third-order valence-corrected chi connectivity index (χ3v) is 5.07. The van der Waals surface area contributed by atoms with Crippen molar-refractivity contribution in [1.29, 1.82) is 0 Å². The van der Waals surface area contributed by atoms with Gasteiger partial charge in [0.2, 0.25) is 0 Å². The number of carbonyl (C=O) groups excluding carboxylic acids is 1. The van der Waals surface area contributed by atoms with Crippen molar-refractivity contribution < 1.29 is 4.79 Å².